The monoisotopic (exact) mass is 412 g/mol. The van der Waals surface area contributed by atoms with Gasteiger partial charge in [0.15, 0.2) is 11.6 Å². The molecule has 0 aliphatic carbocycles. The van der Waals surface area contributed by atoms with Crippen molar-refractivity contribution in [2.24, 2.45) is 0 Å². The fourth-order valence-corrected chi connectivity index (χ4v) is 2.34. The molecule has 0 aliphatic rings. The van der Waals surface area contributed by atoms with Gasteiger partial charge >= 0.3 is 17.9 Å². The van der Waals surface area contributed by atoms with Gasteiger partial charge in [0, 0.05) is 6.92 Å². The zero-order valence-corrected chi connectivity index (χ0v) is 16.8. The Morgan fingerprint density at radius 2 is 1.28 bits per heavy atom. The van der Waals surface area contributed by atoms with Crippen molar-refractivity contribution in [1.29, 1.82) is 0 Å². The third-order valence-corrected chi connectivity index (χ3v) is 3.73. The molecule has 10 nitrogen and oxygen atoms in total. The lowest BCUT2D eigenvalue weighted by Crippen LogP contribution is -2.58. The zero-order chi connectivity index (χ0) is 22.8. The quantitative estimate of drug-likeness (QED) is 0.357. The summed E-state index contributed by atoms with van der Waals surface area (Å²) in [6, 6.07) is 6.33. The highest BCUT2D eigenvalue weighted by atomic mass is 16.6. The van der Waals surface area contributed by atoms with Gasteiger partial charge in [0.1, 0.15) is 6.10 Å². The number of rotatable bonds is 7. The number of ketones is 2. The van der Waals surface area contributed by atoms with E-state index in [-0.39, 0.29) is 11.1 Å². The number of esters is 3. The average molecular weight is 412 g/mol. The molecular weight excluding hydrogens is 388 g/mol. The average Bonchev–Trinajstić information content (AvgIpc) is 2.69. The lowest BCUT2D eigenvalue weighted by molar-refractivity contribution is -0.184. The van der Waals surface area contributed by atoms with E-state index in [0.717, 1.165) is 20.8 Å². The smallest absolute Gasteiger partial charge is 0.338 e. The van der Waals surface area contributed by atoms with Gasteiger partial charge in [-0.2, -0.15) is 0 Å². The molecule has 2 N–H and O–H groups in total. The minimum atomic E-state index is -2.29. The highest BCUT2D eigenvalue weighted by Crippen LogP contribution is 2.20. The number of benzene rings is 1. The Kier molecular flexibility index (Phi) is 10.4. The van der Waals surface area contributed by atoms with Crippen LogP contribution in [0, 0.1) is 0 Å². The number of aliphatic hydroxyl groups is 2. The second-order valence-corrected chi connectivity index (χ2v) is 5.67. The van der Waals surface area contributed by atoms with E-state index in [0.29, 0.717) is 0 Å². The maximum atomic E-state index is 11.3. The summed E-state index contributed by atoms with van der Waals surface area (Å²) in [6.07, 6.45) is -1.75. The SMILES string of the molecule is CC(=O)OC(C(C)=O)(C(C)=O)C(O)CO.COC(=O)c1ccccc1C(=O)OC. The van der Waals surface area contributed by atoms with Gasteiger partial charge in [-0.25, -0.2) is 9.59 Å². The molecule has 1 atom stereocenters. The standard InChI is InChI=1S/C10H10O4.C9H14O6/c1-13-9(11)7-5-3-4-6-8(7)10(12)14-2;1-5(11)9(6(2)12,8(14)4-10)15-7(3)13/h3-6H,1-2H3;8,10,14H,4H2,1-3H3. The molecule has 0 amide bonds. The van der Waals surface area contributed by atoms with Crippen LogP contribution in [0.3, 0.4) is 0 Å². The summed E-state index contributed by atoms with van der Waals surface area (Å²) in [7, 11) is 2.52. The van der Waals surface area contributed by atoms with Crippen molar-refractivity contribution in [1.82, 2.24) is 0 Å². The predicted octanol–water partition coefficient (Wildman–Crippen LogP) is 0.0793. The van der Waals surface area contributed by atoms with Crippen LogP contribution < -0.4 is 0 Å². The van der Waals surface area contributed by atoms with E-state index in [1.165, 1.54) is 26.4 Å². The fraction of sp³-hybridized carbons (Fsp3) is 0.421. The van der Waals surface area contributed by atoms with E-state index >= 15 is 0 Å². The van der Waals surface area contributed by atoms with Crippen LogP contribution in [0.15, 0.2) is 24.3 Å². The van der Waals surface area contributed by atoms with Gasteiger partial charge < -0.3 is 24.4 Å². The summed E-state index contributed by atoms with van der Waals surface area (Å²) in [5, 5.41) is 18.1. The highest BCUT2D eigenvalue weighted by Gasteiger charge is 2.50. The van der Waals surface area contributed by atoms with Gasteiger partial charge in [-0.05, 0) is 26.0 Å². The minimum Gasteiger partial charge on any atom is -0.465 e. The molecule has 0 saturated carbocycles. The van der Waals surface area contributed by atoms with E-state index in [1.807, 2.05) is 0 Å². The zero-order valence-electron chi connectivity index (χ0n) is 16.8. The molecule has 0 fully saturated rings. The Labute approximate surface area is 167 Å². The summed E-state index contributed by atoms with van der Waals surface area (Å²) >= 11 is 0. The van der Waals surface area contributed by atoms with Crippen molar-refractivity contribution in [3.63, 3.8) is 0 Å². The molecule has 1 unspecified atom stereocenters. The van der Waals surface area contributed by atoms with Crippen molar-refractivity contribution in [3.05, 3.63) is 35.4 Å². The molecule has 29 heavy (non-hydrogen) atoms. The maximum absolute atomic E-state index is 11.3. The van der Waals surface area contributed by atoms with Crippen molar-refractivity contribution >= 4 is 29.5 Å². The van der Waals surface area contributed by atoms with E-state index in [1.54, 1.807) is 12.1 Å². The lowest BCUT2D eigenvalue weighted by atomic mass is 9.88. The lowest BCUT2D eigenvalue weighted by Gasteiger charge is -2.31. The first-order chi connectivity index (χ1) is 13.5. The van der Waals surface area contributed by atoms with Crippen molar-refractivity contribution in [3.8, 4) is 0 Å². The second-order valence-electron chi connectivity index (χ2n) is 5.67. The maximum Gasteiger partial charge on any atom is 0.338 e. The van der Waals surface area contributed by atoms with Crippen LogP contribution in [-0.2, 0) is 28.6 Å². The van der Waals surface area contributed by atoms with Crippen LogP contribution in [0.5, 0.6) is 0 Å². The molecule has 0 saturated heterocycles. The Hall–Kier alpha value is -3.11. The first-order valence-electron chi connectivity index (χ1n) is 8.25. The molecule has 1 aromatic carbocycles. The number of hydrogen-bond acceptors (Lipinski definition) is 10. The van der Waals surface area contributed by atoms with Crippen molar-refractivity contribution < 1.29 is 48.4 Å². The molecular formula is C19H24O10. The first-order valence-corrected chi connectivity index (χ1v) is 8.25. The molecule has 0 heterocycles. The summed E-state index contributed by atoms with van der Waals surface area (Å²) in [5.41, 5.74) is -1.87. The molecule has 0 spiro atoms. The number of carbonyl (C=O) groups excluding carboxylic acids is 5. The normalized spacial score (nSPS) is 11.3. The third-order valence-electron chi connectivity index (χ3n) is 3.73. The largest absolute Gasteiger partial charge is 0.465 e. The van der Waals surface area contributed by atoms with E-state index in [4.69, 9.17) is 5.11 Å². The van der Waals surface area contributed by atoms with Crippen LogP contribution >= 0.6 is 0 Å². The van der Waals surface area contributed by atoms with E-state index in [2.05, 4.69) is 14.2 Å². The van der Waals surface area contributed by atoms with Crippen LogP contribution in [0.2, 0.25) is 0 Å². The van der Waals surface area contributed by atoms with E-state index < -0.39 is 47.8 Å². The molecule has 1 aromatic rings. The van der Waals surface area contributed by atoms with Crippen LogP contribution in [-0.4, -0.2) is 72.2 Å². The summed E-state index contributed by atoms with van der Waals surface area (Å²) in [6.45, 7) is 2.16. The molecule has 160 valence electrons. The number of methoxy groups -OCH3 is 2. The fourth-order valence-electron chi connectivity index (χ4n) is 2.34. The van der Waals surface area contributed by atoms with Gasteiger partial charge in [-0.1, -0.05) is 12.1 Å². The number of hydrogen-bond donors (Lipinski definition) is 2. The Morgan fingerprint density at radius 1 is 0.897 bits per heavy atom. The third kappa shape index (κ3) is 6.47. The molecule has 10 heteroatoms. The topological polar surface area (TPSA) is 154 Å². The summed E-state index contributed by atoms with van der Waals surface area (Å²) in [5.74, 6) is -3.64. The van der Waals surface area contributed by atoms with Gasteiger partial charge in [-0.3, -0.25) is 14.4 Å². The molecule has 0 bridgehead atoms. The Morgan fingerprint density at radius 3 is 1.52 bits per heavy atom. The molecule has 0 aliphatic heterocycles. The van der Waals surface area contributed by atoms with Crippen molar-refractivity contribution in [2.75, 3.05) is 20.8 Å². The number of carbonyl (C=O) groups is 5. The van der Waals surface area contributed by atoms with Crippen LogP contribution in [0.4, 0.5) is 0 Å². The number of Topliss-reactive ketones (excluding diaryl/α,β-unsaturated/α-hetero) is 2. The highest BCUT2D eigenvalue weighted by molar-refractivity contribution is 6.10. The van der Waals surface area contributed by atoms with Crippen LogP contribution in [0.1, 0.15) is 41.5 Å². The summed E-state index contributed by atoms with van der Waals surface area (Å²) in [4.78, 5) is 55.8. The first kappa shape index (κ1) is 25.9. The molecule has 0 radical (unpaired) electrons. The minimum absolute atomic E-state index is 0.210. The molecule has 0 aromatic heterocycles. The van der Waals surface area contributed by atoms with Gasteiger partial charge in [0.25, 0.3) is 5.60 Å². The second kappa shape index (κ2) is 11.7. The number of ether oxygens (including phenoxy) is 3. The van der Waals surface area contributed by atoms with E-state index in [9.17, 15) is 29.1 Å². The number of aliphatic hydroxyl groups excluding tert-OH is 2. The predicted molar refractivity (Wildman–Crippen MR) is 98.1 cm³/mol. The van der Waals surface area contributed by atoms with Gasteiger partial charge in [0.2, 0.25) is 0 Å². The van der Waals surface area contributed by atoms with Crippen molar-refractivity contribution in [2.45, 2.75) is 32.5 Å². The van der Waals surface area contributed by atoms with Gasteiger partial charge in [-0.15, -0.1) is 0 Å². The summed E-state index contributed by atoms with van der Waals surface area (Å²) < 4.78 is 13.6. The Balaban J connectivity index is 0.000000541. The Bertz CT molecular complexity index is 719. The van der Waals surface area contributed by atoms with Crippen LogP contribution in [0.25, 0.3) is 0 Å². The van der Waals surface area contributed by atoms with Gasteiger partial charge in [0.05, 0.1) is 32.0 Å². The molecule has 1 rings (SSSR count).